The molecule has 2 rings (SSSR count). The van der Waals surface area contributed by atoms with E-state index in [1.54, 1.807) is 10.5 Å². The van der Waals surface area contributed by atoms with Crippen LogP contribution < -0.4 is 0 Å². The van der Waals surface area contributed by atoms with Crippen molar-refractivity contribution >= 4 is 6.09 Å². The van der Waals surface area contributed by atoms with Crippen LogP contribution in [0, 0.1) is 5.92 Å². The highest BCUT2D eigenvalue weighted by molar-refractivity contribution is 5.65. The molecule has 1 amide bonds. The second kappa shape index (κ2) is 5.74. The van der Waals surface area contributed by atoms with E-state index in [1.165, 1.54) is 0 Å². The Hall–Kier alpha value is -1.03. The summed E-state index contributed by atoms with van der Waals surface area (Å²) >= 11 is 0. The summed E-state index contributed by atoms with van der Waals surface area (Å²) in [5, 5.41) is 9.06. The van der Waals surface area contributed by atoms with Crippen LogP contribution >= 0.6 is 0 Å². The molecular weight excluding hydrogens is 228 g/mol. The van der Waals surface area contributed by atoms with Gasteiger partial charge in [-0.15, -0.1) is 0 Å². The maximum absolute atomic E-state index is 11.0. The smallest absolute Gasteiger partial charge is 0.407 e. The van der Waals surface area contributed by atoms with Crippen LogP contribution in [0.25, 0.3) is 0 Å². The largest absolute Gasteiger partial charge is 0.465 e. The molecule has 1 unspecified atom stereocenters. The van der Waals surface area contributed by atoms with Gasteiger partial charge in [0.05, 0.1) is 0 Å². The maximum atomic E-state index is 11.0. The third-order valence-corrected chi connectivity index (χ3v) is 4.20. The lowest BCUT2D eigenvalue weighted by atomic mass is 9.95. The first-order valence-corrected chi connectivity index (χ1v) is 6.98. The molecule has 18 heavy (non-hydrogen) atoms. The van der Waals surface area contributed by atoms with Gasteiger partial charge in [-0.2, -0.15) is 0 Å². The second-order valence-corrected chi connectivity index (χ2v) is 5.70. The topological polar surface area (TPSA) is 43.8 Å². The summed E-state index contributed by atoms with van der Waals surface area (Å²) in [6.45, 7) is 7.95. The van der Waals surface area contributed by atoms with E-state index < -0.39 is 6.09 Å². The summed E-state index contributed by atoms with van der Waals surface area (Å²) in [5.74, 6) is 0.647. The summed E-state index contributed by atoms with van der Waals surface area (Å²) in [6.07, 6.45) is 4.84. The number of likely N-dealkylation sites (tertiary alicyclic amines) is 1. The summed E-state index contributed by atoms with van der Waals surface area (Å²) < 4.78 is 0. The van der Waals surface area contributed by atoms with Crippen molar-refractivity contribution < 1.29 is 9.90 Å². The van der Waals surface area contributed by atoms with E-state index in [2.05, 4.69) is 24.8 Å². The zero-order valence-electron chi connectivity index (χ0n) is 11.4. The maximum Gasteiger partial charge on any atom is 0.407 e. The molecule has 4 nitrogen and oxygen atoms in total. The first-order valence-electron chi connectivity index (χ1n) is 6.98. The fraction of sp³-hybridized carbons (Fsp3) is 0.786. The van der Waals surface area contributed by atoms with Crippen LogP contribution in [-0.4, -0.2) is 53.2 Å². The van der Waals surface area contributed by atoms with Crippen LogP contribution in [0.2, 0.25) is 0 Å². The van der Waals surface area contributed by atoms with Crippen LogP contribution in [0.5, 0.6) is 0 Å². The molecular formula is C14H24N2O2. The molecule has 0 spiro atoms. The van der Waals surface area contributed by atoms with Crippen LogP contribution in [-0.2, 0) is 0 Å². The van der Waals surface area contributed by atoms with Gasteiger partial charge in [-0.1, -0.05) is 25.5 Å². The number of hydrogen-bond acceptors (Lipinski definition) is 2. The normalized spacial score (nSPS) is 26.3. The van der Waals surface area contributed by atoms with Crippen molar-refractivity contribution in [1.29, 1.82) is 0 Å². The first-order chi connectivity index (χ1) is 8.58. The van der Waals surface area contributed by atoms with E-state index >= 15 is 0 Å². The highest BCUT2D eigenvalue weighted by atomic mass is 16.4. The van der Waals surface area contributed by atoms with Crippen molar-refractivity contribution in [3.8, 4) is 0 Å². The number of amides is 1. The lowest BCUT2D eigenvalue weighted by molar-refractivity contribution is 0.0892. The molecule has 1 N–H and O–H groups in total. The number of carbonyl (C=O) groups is 1. The second-order valence-electron chi connectivity index (χ2n) is 5.70. The average Bonchev–Trinajstić information content (AvgIpc) is 2.39. The van der Waals surface area contributed by atoms with Gasteiger partial charge in [0.1, 0.15) is 0 Å². The molecule has 4 heteroatoms. The molecule has 0 bridgehead atoms. The summed E-state index contributed by atoms with van der Waals surface area (Å²) in [7, 11) is 0. The minimum Gasteiger partial charge on any atom is -0.465 e. The minimum atomic E-state index is -0.768. The Labute approximate surface area is 109 Å². The molecule has 0 aromatic carbocycles. The molecule has 102 valence electrons. The average molecular weight is 252 g/mol. The van der Waals surface area contributed by atoms with Gasteiger partial charge in [0, 0.05) is 32.2 Å². The molecule has 0 aliphatic carbocycles. The lowest BCUT2D eigenvalue weighted by Crippen LogP contribution is -2.50. The van der Waals surface area contributed by atoms with E-state index in [1.807, 2.05) is 0 Å². The van der Waals surface area contributed by atoms with Gasteiger partial charge in [-0.05, 0) is 25.2 Å². The molecule has 1 fully saturated rings. The number of piperidine rings is 1. The van der Waals surface area contributed by atoms with E-state index in [-0.39, 0.29) is 0 Å². The van der Waals surface area contributed by atoms with Crippen molar-refractivity contribution in [3.05, 3.63) is 11.6 Å². The standard InChI is InChI=1S/C14H24N2O2/c1-11(2)12-5-8-15(9-6-12)13-4-3-7-16(10-13)14(17)18/h5,11,13H,3-4,6-10H2,1-2H3,(H,17,18). The number of nitrogens with zero attached hydrogens (tertiary/aromatic N) is 2. The highest BCUT2D eigenvalue weighted by Gasteiger charge is 2.28. The quantitative estimate of drug-likeness (QED) is 0.768. The predicted molar refractivity (Wildman–Crippen MR) is 71.7 cm³/mol. The molecule has 1 saturated heterocycles. The zero-order chi connectivity index (χ0) is 13.1. The van der Waals surface area contributed by atoms with Crippen molar-refractivity contribution in [2.45, 2.75) is 39.2 Å². The number of carboxylic acid groups (broad SMARTS) is 1. The number of rotatable bonds is 2. The summed E-state index contributed by atoms with van der Waals surface area (Å²) in [5.41, 5.74) is 1.55. The van der Waals surface area contributed by atoms with E-state index in [9.17, 15) is 4.79 Å². The SMILES string of the molecule is CC(C)C1=CCN(C2CCCN(C(=O)O)C2)CC1. The number of hydrogen-bond donors (Lipinski definition) is 1. The van der Waals surface area contributed by atoms with Crippen LogP contribution in [0.1, 0.15) is 33.1 Å². The monoisotopic (exact) mass is 252 g/mol. The van der Waals surface area contributed by atoms with Crippen molar-refractivity contribution in [1.82, 2.24) is 9.80 Å². The van der Waals surface area contributed by atoms with Gasteiger partial charge in [-0.25, -0.2) is 4.79 Å². The third kappa shape index (κ3) is 3.05. The van der Waals surface area contributed by atoms with Crippen LogP contribution in [0.15, 0.2) is 11.6 Å². The van der Waals surface area contributed by atoms with Crippen molar-refractivity contribution in [3.63, 3.8) is 0 Å². The first kappa shape index (κ1) is 13.4. The molecule has 2 heterocycles. The van der Waals surface area contributed by atoms with Crippen LogP contribution in [0.3, 0.4) is 0 Å². The fourth-order valence-corrected chi connectivity index (χ4v) is 2.98. The Morgan fingerprint density at radius 2 is 2.22 bits per heavy atom. The molecule has 2 aliphatic heterocycles. The Morgan fingerprint density at radius 3 is 2.78 bits per heavy atom. The van der Waals surface area contributed by atoms with Gasteiger partial charge in [0.15, 0.2) is 0 Å². The Morgan fingerprint density at radius 1 is 1.44 bits per heavy atom. The van der Waals surface area contributed by atoms with Gasteiger partial charge in [0.25, 0.3) is 0 Å². The Bertz CT molecular complexity index is 339. The fourth-order valence-electron chi connectivity index (χ4n) is 2.98. The van der Waals surface area contributed by atoms with Crippen molar-refractivity contribution in [2.75, 3.05) is 26.2 Å². The lowest BCUT2D eigenvalue weighted by Gasteiger charge is -2.40. The molecule has 0 saturated carbocycles. The molecule has 0 radical (unpaired) electrons. The molecule has 1 atom stereocenters. The Balaban J connectivity index is 1.91. The minimum absolute atomic E-state index is 0.416. The summed E-state index contributed by atoms with van der Waals surface area (Å²) in [6, 6.07) is 0.416. The van der Waals surface area contributed by atoms with Gasteiger partial charge >= 0.3 is 6.09 Å². The Kier molecular flexibility index (Phi) is 4.27. The van der Waals surface area contributed by atoms with Gasteiger partial charge in [-0.3, -0.25) is 4.90 Å². The van der Waals surface area contributed by atoms with E-state index in [0.717, 1.165) is 32.4 Å². The van der Waals surface area contributed by atoms with Crippen LogP contribution in [0.4, 0.5) is 4.79 Å². The highest BCUT2D eigenvalue weighted by Crippen LogP contribution is 2.23. The van der Waals surface area contributed by atoms with E-state index in [4.69, 9.17) is 5.11 Å². The van der Waals surface area contributed by atoms with Crippen molar-refractivity contribution in [2.24, 2.45) is 5.92 Å². The zero-order valence-corrected chi connectivity index (χ0v) is 11.4. The van der Waals surface area contributed by atoms with E-state index in [0.29, 0.717) is 25.0 Å². The van der Waals surface area contributed by atoms with Gasteiger partial charge in [0.2, 0.25) is 0 Å². The third-order valence-electron chi connectivity index (χ3n) is 4.20. The molecule has 2 aliphatic rings. The predicted octanol–water partition coefficient (Wildman–Crippen LogP) is 2.42. The summed E-state index contributed by atoms with van der Waals surface area (Å²) in [4.78, 5) is 15.0. The molecule has 0 aromatic rings. The molecule has 0 aromatic heterocycles. The van der Waals surface area contributed by atoms with Gasteiger partial charge < -0.3 is 10.0 Å².